The van der Waals surface area contributed by atoms with Crippen LogP contribution < -0.4 is 0 Å². The quantitative estimate of drug-likeness (QED) is 0.466. The summed E-state index contributed by atoms with van der Waals surface area (Å²) in [7, 11) is 0. The Bertz CT molecular complexity index is 1080. The Labute approximate surface area is 160 Å². The van der Waals surface area contributed by atoms with E-state index in [4.69, 9.17) is 21.7 Å². The summed E-state index contributed by atoms with van der Waals surface area (Å²) in [6, 6.07) is 7.70. The van der Waals surface area contributed by atoms with Gasteiger partial charge in [0.2, 0.25) is 0 Å². The Kier molecular flexibility index (Phi) is 4.05. The number of halogens is 2. The maximum Gasteiger partial charge on any atom is 0.172 e. The molecule has 0 aliphatic carbocycles. The van der Waals surface area contributed by atoms with Gasteiger partial charge in [0.05, 0.1) is 29.9 Å². The lowest BCUT2D eigenvalue weighted by atomic mass is 10.1. The number of rotatable bonds is 2. The molecule has 1 aliphatic rings. The van der Waals surface area contributed by atoms with E-state index in [-0.39, 0.29) is 12.4 Å². The highest BCUT2D eigenvalue weighted by Crippen LogP contribution is 2.33. The minimum Gasteiger partial charge on any atom is -0.300 e. The molecule has 9 heteroatoms. The van der Waals surface area contributed by atoms with Gasteiger partial charge in [0.15, 0.2) is 11.6 Å². The molecule has 0 unspecified atom stereocenters. The van der Waals surface area contributed by atoms with Crippen LogP contribution in [0.25, 0.3) is 17.1 Å². The maximum atomic E-state index is 6.25. The number of aryl methyl sites for hydroxylation is 1. The lowest BCUT2D eigenvalue weighted by Crippen LogP contribution is -2.07. The first-order valence-electron chi connectivity index (χ1n) is 7.93. The number of benzene rings is 1. The largest absolute Gasteiger partial charge is 0.300 e. The monoisotopic (exact) mass is 387 g/mol. The van der Waals surface area contributed by atoms with Gasteiger partial charge in [0.1, 0.15) is 6.54 Å². The molecular weight excluding hydrogens is 373 g/mol. The Morgan fingerprint density at radius 3 is 2.96 bits per heavy atom. The fourth-order valence-electron chi connectivity index (χ4n) is 3.20. The second-order valence-electron chi connectivity index (χ2n) is 6.02. The molecule has 5 rings (SSSR count). The van der Waals surface area contributed by atoms with E-state index in [1.54, 1.807) is 6.20 Å². The molecule has 7 nitrogen and oxygen atoms in total. The van der Waals surface area contributed by atoms with E-state index in [9.17, 15) is 0 Å². The third-order valence-corrected chi connectivity index (χ3v) is 4.65. The summed E-state index contributed by atoms with van der Waals surface area (Å²) in [4.78, 5) is 9.22. The number of aromatic nitrogens is 7. The summed E-state index contributed by atoms with van der Waals surface area (Å²) in [5, 5.41) is 9.59. The number of fused-ring (bicyclic) bond motifs is 5. The van der Waals surface area contributed by atoms with Crippen molar-refractivity contribution in [3.05, 3.63) is 65.2 Å². The van der Waals surface area contributed by atoms with Crippen LogP contribution in [0.4, 0.5) is 0 Å². The fourth-order valence-corrected chi connectivity index (χ4v) is 3.38. The van der Waals surface area contributed by atoms with E-state index in [0.29, 0.717) is 18.1 Å². The molecule has 0 N–H and O–H groups in total. The Hall–Kier alpha value is -2.64. The molecule has 0 atom stereocenters. The van der Waals surface area contributed by atoms with Crippen LogP contribution in [0.15, 0.2) is 43.0 Å². The van der Waals surface area contributed by atoms with Crippen molar-refractivity contribution in [3.63, 3.8) is 0 Å². The topological polar surface area (TPSA) is 66.3 Å². The molecule has 132 valence electrons. The number of nitrogens with zero attached hydrogens (tertiary/aromatic N) is 7. The van der Waals surface area contributed by atoms with E-state index in [0.717, 1.165) is 34.3 Å². The average molecular weight is 388 g/mol. The highest BCUT2D eigenvalue weighted by atomic mass is 35.5. The maximum absolute atomic E-state index is 6.25. The van der Waals surface area contributed by atoms with Crippen molar-refractivity contribution in [2.75, 3.05) is 0 Å². The van der Waals surface area contributed by atoms with Gasteiger partial charge in [0.25, 0.3) is 0 Å². The van der Waals surface area contributed by atoms with Crippen molar-refractivity contribution >= 4 is 24.0 Å². The minimum absolute atomic E-state index is 0. The molecule has 0 radical (unpaired) electrons. The zero-order valence-corrected chi connectivity index (χ0v) is 15.4. The summed E-state index contributed by atoms with van der Waals surface area (Å²) < 4.78 is 5.82. The van der Waals surface area contributed by atoms with Crippen LogP contribution in [0.3, 0.4) is 0 Å². The van der Waals surface area contributed by atoms with Gasteiger partial charge in [-0.15, -0.1) is 12.4 Å². The van der Waals surface area contributed by atoms with Crippen LogP contribution >= 0.6 is 24.0 Å². The van der Waals surface area contributed by atoms with E-state index in [2.05, 4.69) is 14.6 Å². The Morgan fingerprint density at radius 1 is 1.27 bits per heavy atom. The zero-order valence-electron chi connectivity index (χ0n) is 13.9. The van der Waals surface area contributed by atoms with Gasteiger partial charge >= 0.3 is 0 Å². The van der Waals surface area contributed by atoms with Gasteiger partial charge in [-0.25, -0.2) is 14.6 Å². The van der Waals surface area contributed by atoms with Gasteiger partial charge in [-0.1, -0.05) is 11.6 Å². The van der Waals surface area contributed by atoms with E-state index < -0.39 is 0 Å². The van der Waals surface area contributed by atoms with Crippen molar-refractivity contribution in [2.45, 2.75) is 20.0 Å². The number of hydrogen-bond donors (Lipinski definition) is 0. The van der Waals surface area contributed by atoms with Crippen molar-refractivity contribution in [1.29, 1.82) is 0 Å². The summed E-state index contributed by atoms with van der Waals surface area (Å²) in [5.41, 5.74) is 4.04. The first-order valence-corrected chi connectivity index (χ1v) is 8.31. The summed E-state index contributed by atoms with van der Waals surface area (Å²) in [5.74, 6) is 1.53. The first kappa shape index (κ1) is 16.8. The van der Waals surface area contributed by atoms with Crippen LogP contribution in [-0.2, 0) is 13.1 Å². The summed E-state index contributed by atoms with van der Waals surface area (Å²) in [6.07, 6.45) is 5.49. The van der Waals surface area contributed by atoms with Gasteiger partial charge in [0, 0.05) is 23.0 Å². The van der Waals surface area contributed by atoms with Crippen molar-refractivity contribution < 1.29 is 0 Å². The van der Waals surface area contributed by atoms with Crippen LogP contribution in [-0.4, -0.2) is 34.1 Å². The van der Waals surface area contributed by atoms with Crippen LogP contribution in [0.5, 0.6) is 0 Å². The zero-order chi connectivity index (χ0) is 17.0. The smallest absolute Gasteiger partial charge is 0.172 e. The van der Waals surface area contributed by atoms with Gasteiger partial charge in [-0.2, -0.15) is 10.2 Å². The molecule has 1 aliphatic heterocycles. The number of hydrogen-bond acceptors (Lipinski definition) is 4. The highest BCUT2D eigenvalue weighted by molar-refractivity contribution is 6.31. The van der Waals surface area contributed by atoms with E-state index >= 15 is 0 Å². The van der Waals surface area contributed by atoms with Crippen molar-refractivity contribution in [2.24, 2.45) is 0 Å². The van der Waals surface area contributed by atoms with Gasteiger partial charge in [-0.3, -0.25) is 4.68 Å². The van der Waals surface area contributed by atoms with Gasteiger partial charge < -0.3 is 4.57 Å². The Morgan fingerprint density at radius 2 is 2.15 bits per heavy atom. The van der Waals surface area contributed by atoms with Crippen LogP contribution in [0.1, 0.15) is 17.2 Å². The van der Waals surface area contributed by atoms with E-state index in [1.807, 2.05) is 53.1 Å². The normalized spacial score (nSPS) is 11.9. The molecule has 0 spiro atoms. The van der Waals surface area contributed by atoms with Crippen LogP contribution in [0, 0.1) is 6.92 Å². The third-order valence-electron chi connectivity index (χ3n) is 4.41. The molecule has 0 bridgehead atoms. The van der Waals surface area contributed by atoms with E-state index in [1.165, 1.54) is 0 Å². The molecule has 0 amide bonds. The fraction of sp³-hybridized carbons (Fsp3) is 0.176. The summed E-state index contributed by atoms with van der Waals surface area (Å²) in [6.45, 7) is 3.15. The molecular formula is C17H15Cl2N7. The second-order valence-corrected chi connectivity index (χ2v) is 6.46. The lowest BCUT2D eigenvalue weighted by molar-refractivity contribution is 0.621. The molecule has 1 aromatic carbocycles. The standard InChI is InChI=1S/C17H14ClN7.ClH/c1-11-15-8-25-17(21-16(22-25)9-23-6-2-5-20-23)13-7-12(18)3-4-14(13)24(15)10-19-11;/h2-7,10H,8-9H2,1H3;1H. The highest BCUT2D eigenvalue weighted by Gasteiger charge is 2.24. The molecule has 0 fully saturated rings. The molecule has 0 saturated heterocycles. The molecule has 4 heterocycles. The van der Waals surface area contributed by atoms with Gasteiger partial charge in [-0.05, 0) is 31.2 Å². The lowest BCUT2D eigenvalue weighted by Gasteiger charge is -2.08. The first-order chi connectivity index (χ1) is 12.2. The average Bonchev–Trinajstić information content (AvgIpc) is 3.30. The third kappa shape index (κ3) is 2.60. The summed E-state index contributed by atoms with van der Waals surface area (Å²) >= 11 is 6.25. The molecule has 3 aromatic heterocycles. The predicted molar refractivity (Wildman–Crippen MR) is 100 cm³/mol. The number of imidazole rings is 1. The molecule has 4 aromatic rings. The SMILES string of the molecule is Cc1ncn2c1Cn1nc(Cn3cccn3)nc1-c1cc(Cl)ccc1-2.Cl. The predicted octanol–water partition coefficient (Wildman–Crippen LogP) is 3.12. The Balaban J connectivity index is 0.00000168. The van der Waals surface area contributed by atoms with Crippen molar-refractivity contribution in [3.8, 4) is 17.1 Å². The second kappa shape index (κ2) is 6.26. The van der Waals surface area contributed by atoms with Crippen LogP contribution in [0.2, 0.25) is 5.02 Å². The van der Waals surface area contributed by atoms with Crippen molar-refractivity contribution in [1.82, 2.24) is 34.1 Å². The minimum atomic E-state index is 0. The molecule has 0 saturated carbocycles. The molecule has 26 heavy (non-hydrogen) atoms.